The van der Waals surface area contributed by atoms with Gasteiger partial charge in [-0.25, -0.2) is 0 Å². The van der Waals surface area contributed by atoms with E-state index in [9.17, 15) is 4.79 Å². The normalized spacial score (nSPS) is 14.9. The second-order valence-electron chi connectivity index (χ2n) is 7.04. The fourth-order valence-corrected chi connectivity index (χ4v) is 3.43. The van der Waals surface area contributed by atoms with Crippen molar-refractivity contribution in [1.82, 2.24) is 5.32 Å². The first-order valence-corrected chi connectivity index (χ1v) is 10.2. The van der Waals surface area contributed by atoms with Gasteiger partial charge in [0.2, 0.25) is 5.91 Å². The third-order valence-electron chi connectivity index (χ3n) is 4.81. The molecule has 1 amide bonds. The molecule has 0 bridgehead atoms. The van der Waals surface area contributed by atoms with E-state index in [1.54, 1.807) is 18.2 Å². The number of carbonyl (C=O) groups excluding carboxylic acids is 1. The minimum Gasteiger partial charge on any atom is -0.372 e. The van der Waals surface area contributed by atoms with Gasteiger partial charge in [0.1, 0.15) is 0 Å². The third-order valence-corrected chi connectivity index (χ3v) is 5.26. The smallest absolute Gasteiger partial charge is 0.250 e. The standard InChI is InChI=1S/C22H24ClN3OS/c1-16-12-14-26(15-13-16)20-9-7-19(8-10-20)24-22(28)25-21(27)11-4-17-2-5-18(23)6-3-17/h2-11,16H,12-15H2,1H3,(H2,24,25,27,28)/b11-4+. The van der Waals surface area contributed by atoms with E-state index >= 15 is 0 Å². The summed E-state index contributed by atoms with van der Waals surface area (Å²) in [7, 11) is 0. The van der Waals surface area contributed by atoms with Crippen molar-refractivity contribution >= 4 is 52.3 Å². The second kappa shape index (κ2) is 9.71. The van der Waals surface area contributed by atoms with Crippen LogP contribution in [0.3, 0.4) is 0 Å². The van der Waals surface area contributed by atoms with E-state index in [1.165, 1.54) is 24.6 Å². The number of nitrogens with one attached hydrogen (secondary N) is 2. The molecule has 0 atom stereocenters. The summed E-state index contributed by atoms with van der Waals surface area (Å²) >= 11 is 11.1. The second-order valence-corrected chi connectivity index (χ2v) is 7.89. The largest absolute Gasteiger partial charge is 0.372 e. The van der Waals surface area contributed by atoms with E-state index in [2.05, 4.69) is 34.6 Å². The molecule has 2 aromatic rings. The van der Waals surface area contributed by atoms with Crippen LogP contribution in [0.1, 0.15) is 25.3 Å². The van der Waals surface area contributed by atoms with E-state index in [-0.39, 0.29) is 11.0 Å². The maximum Gasteiger partial charge on any atom is 0.250 e. The maximum atomic E-state index is 12.0. The average molecular weight is 414 g/mol. The SMILES string of the molecule is CC1CCN(c2ccc(NC(=S)NC(=O)/C=C/c3ccc(Cl)cc3)cc2)CC1. The van der Waals surface area contributed by atoms with E-state index in [1.807, 2.05) is 24.3 Å². The average Bonchev–Trinajstić information content (AvgIpc) is 2.69. The summed E-state index contributed by atoms with van der Waals surface area (Å²) in [4.78, 5) is 14.4. The lowest BCUT2D eigenvalue weighted by atomic mass is 9.99. The van der Waals surface area contributed by atoms with Gasteiger partial charge in [0.05, 0.1) is 0 Å². The fraction of sp³-hybridized carbons (Fsp3) is 0.273. The summed E-state index contributed by atoms with van der Waals surface area (Å²) < 4.78 is 0. The van der Waals surface area contributed by atoms with Crippen molar-refractivity contribution in [2.75, 3.05) is 23.3 Å². The fourth-order valence-electron chi connectivity index (χ4n) is 3.08. The summed E-state index contributed by atoms with van der Waals surface area (Å²) in [5, 5.41) is 6.63. The molecule has 6 heteroatoms. The molecule has 4 nitrogen and oxygen atoms in total. The van der Waals surface area contributed by atoms with Crippen LogP contribution in [-0.2, 0) is 4.79 Å². The minimum absolute atomic E-state index is 0.269. The van der Waals surface area contributed by atoms with Crippen LogP contribution in [0, 0.1) is 5.92 Å². The number of hydrogen-bond donors (Lipinski definition) is 2. The molecule has 0 aromatic heterocycles. The molecule has 1 saturated heterocycles. The van der Waals surface area contributed by atoms with Crippen LogP contribution >= 0.6 is 23.8 Å². The molecule has 28 heavy (non-hydrogen) atoms. The van der Waals surface area contributed by atoms with Crippen molar-refractivity contribution in [2.45, 2.75) is 19.8 Å². The van der Waals surface area contributed by atoms with Gasteiger partial charge in [-0.3, -0.25) is 10.1 Å². The molecule has 0 unspecified atom stereocenters. The van der Waals surface area contributed by atoms with Crippen LogP contribution < -0.4 is 15.5 Å². The monoisotopic (exact) mass is 413 g/mol. The number of piperidine rings is 1. The molecule has 0 radical (unpaired) electrons. The molecule has 1 aliphatic heterocycles. The highest BCUT2D eigenvalue weighted by molar-refractivity contribution is 7.80. The van der Waals surface area contributed by atoms with Gasteiger partial charge in [-0.15, -0.1) is 0 Å². The van der Waals surface area contributed by atoms with Gasteiger partial charge in [-0.1, -0.05) is 30.7 Å². The molecule has 0 saturated carbocycles. The van der Waals surface area contributed by atoms with E-state index in [4.69, 9.17) is 23.8 Å². The lowest BCUT2D eigenvalue weighted by molar-refractivity contribution is -0.115. The molecule has 146 valence electrons. The van der Waals surface area contributed by atoms with Crippen molar-refractivity contribution in [2.24, 2.45) is 5.92 Å². The van der Waals surface area contributed by atoms with E-state index in [0.717, 1.165) is 30.3 Å². The van der Waals surface area contributed by atoms with Gasteiger partial charge in [0, 0.05) is 35.6 Å². The Bertz CT molecular complexity index is 841. The molecular weight excluding hydrogens is 390 g/mol. The topological polar surface area (TPSA) is 44.4 Å². The number of nitrogens with zero attached hydrogens (tertiary/aromatic N) is 1. The predicted octanol–water partition coefficient (Wildman–Crippen LogP) is 5.10. The molecule has 2 N–H and O–H groups in total. The van der Waals surface area contributed by atoms with Crippen molar-refractivity contribution in [3.05, 3.63) is 65.2 Å². The van der Waals surface area contributed by atoms with Crippen molar-refractivity contribution in [3.63, 3.8) is 0 Å². The third kappa shape index (κ3) is 6.08. The van der Waals surface area contributed by atoms with E-state index in [0.29, 0.717) is 5.02 Å². The quantitative estimate of drug-likeness (QED) is 0.540. The number of amides is 1. The number of rotatable bonds is 4. The Kier molecular flexibility index (Phi) is 7.06. The molecule has 0 spiro atoms. The van der Waals surface area contributed by atoms with Crippen LogP contribution in [0.2, 0.25) is 5.02 Å². The summed E-state index contributed by atoms with van der Waals surface area (Å²) in [6.07, 6.45) is 5.62. The van der Waals surface area contributed by atoms with E-state index < -0.39 is 0 Å². The highest BCUT2D eigenvalue weighted by Crippen LogP contribution is 2.24. The van der Waals surface area contributed by atoms with Gasteiger partial charge in [-0.2, -0.15) is 0 Å². The number of thiocarbonyl (C=S) groups is 1. The highest BCUT2D eigenvalue weighted by Gasteiger charge is 2.15. The van der Waals surface area contributed by atoms with Crippen molar-refractivity contribution in [3.8, 4) is 0 Å². The Balaban J connectivity index is 1.48. The molecule has 1 aliphatic rings. The Hall–Kier alpha value is -2.37. The summed E-state index contributed by atoms with van der Waals surface area (Å²) in [6.45, 7) is 4.51. The molecular formula is C22H24ClN3OS. The first-order valence-electron chi connectivity index (χ1n) is 9.40. The molecule has 3 rings (SSSR count). The zero-order chi connectivity index (χ0) is 19.9. The number of anilines is 2. The zero-order valence-electron chi connectivity index (χ0n) is 15.8. The van der Waals surface area contributed by atoms with Gasteiger partial charge in [0.25, 0.3) is 0 Å². The molecule has 1 heterocycles. The molecule has 1 fully saturated rings. The Morgan fingerprint density at radius 2 is 1.75 bits per heavy atom. The van der Waals surface area contributed by atoms with Crippen LogP contribution in [-0.4, -0.2) is 24.1 Å². The van der Waals surface area contributed by atoms with Gasteiger partial charge in [-0.05, 0) is 79.0 Å². The highest BCUT2D eigenvalue weighted by atomic mass is 35.5. The maximum absolute atomic E-state index is 12.0. The molecule has 2 aromatic carbocycles. The van der Waals surface area contributed by atoms with Crippen LogP contribution in [0.15, 0.2) is 54.6 Å². The van der Waals surface area contributed by atoms with Crippen LogP contribution in [0.25, 0.3) is 6.08 Å². The van der Waals surface area contributed by atoms with Gasteiger partial charge in [0.15, 0.2) is 5.11 Å². The zero-order valence-corrected chi connectivity index (χ0v) is 17.4. The number of halogens is 1. The summed E-state index contributed by atoms with van der Waals surface area (Å²) in [5.41, 5.74) is 2.96. The van der Waals surface area contributed by atoms with Crippen LogP contribution in [0.5, 0.6) is 0 Å². The summed E-state index contributed by atoms with van der Waals surface area (Å²) in [6, 6.07) is 15.4. The first-order chi connectivity index (χ1) is 13.5. The van der Waals surface area contributed by atoms with Gasteiger partial charge >= 0.3 is 0 Å². The van der Waals surface area contributed by atoms with Crippen molar-refractivity contribution < 1.29 is 4.79 Å². The lowest BCUT2D eigenvalue weighted by Gasteiger charge is -2.32. The molecule has 0 aliphatic carbocycles. The first kappa shape index (κ1) is 20.4. The predicted molar refractivity (Wildman–Crippen MR) is 122 cm³/mol. The lowest BCUT2D eigenvalue weighted by Crippen LogP contribution is -2.33. The minimum atomic E-state index is -0.286. The number of hydrogen-bond acceptors (Lipinski definition) is 3. The Morgan fingerprint density at radius 3 is 2.39 bits per heavy atom. The van der Waals surface area contributed by atoms with Crippen molar-refractivity contribution in [1.29, 1.82) is 0 Å². The Morgan fingerprint density at radius 1 is 1.11 bits per heavy atom. The number of carbonyl (C=O) groups is 1. The number of benzene rings is 2. The van der Waals surface area contributed by atoms with Gasteiger partial charge < -0.3 is 10.2 Å². The Labute approximate surface area is 176 Å². The summed E-state index contributed by atoms with van der Waals surface area (Å²) in [5.74, 6) is 0.526. The van der Waals surface area contributed by atoms with Crippen LogP contribution in [0.4, 0.5) is 11.4 Å².